The number of hydrogen-bond acceptors (Lipinski definition) is 3. The number of benzene rings is 4. The molecule has 1 unspecified atom stereocenters. The van der Waals surface area contributed by atoms with E-state index in [1.807, 2.05) is 89.8 Å². The molecule has 0 saturated heterocycles. The molecular formula is C34H34N2O3. The lowest BCUT2D eigenvalue weighted by Gasteiger charge is -2.51. The van der Waals surface area contributed by atoms with Gasteiger partial charge < -0.3 is 15.0 Å². The summed E-state index contributed by atoms with van der Waals surface area (Å²) in [7, 11) is 1.66. The number of hydrogen-bond donors (Lipinski definition) is 1. The van der Waals surface area contributed by atoms with E-state index < -0.39 is 11.0 Å². The van der Waals surface area contributed by atoms with Gasteiger partial charge in [-0.25, -0.2) is 0 Å². The molecular weight excluding hydrogens is 484 g/mol. The summed E-state index contributed by atoms with van der Waals surface area (Å²) in [5, 5.41) is 3.08. The predicted octanol–water partition coefficient (Wildman–Crippen LogP) is 7.46. The van der Waals surface area contributed by atoms with Crippen LogP contribution in [0.25, 0.3) is 11.1 Å². The van der Waals surface area contributed by atoms with Crippen molar-refractivity contribution in [3.8, 4) is 16.9 Å². The molecule has 0 aliphatic carbocycles. The molecule has 1 atom stereocenters. The van der Waals surface area contributed by atoms with Gasteiger partial charge in [0.15, 0.2) is 0 Å². The van der Waals surface area contributed by atoms with Crippen LogP contribution in [0.1, 0.15) is 55.6 Å². The molecule has 0 fully saturated rings. The Labute approximate surface area is 230 Å². The van der Waals surface area contributed by atoms with Gasteiger partial charge in [0.1, 0.15) is 5.75 Å². The van der Waals surface area contributed by atoms with Crippen molar-refractivity contribution in [3.63, 3.8) is 0 Å². The van der Waals surface area contributed by atoms with E-state index in [2.05, 4.69) is 38.2 Å². The van der Waals surface area contributed by atoms with E-state index >= 15 is 0 Å². The Balaban J connectivity index is 1.50. The first-order valence-corrected chi connectivity index (χ1v) is 13.2. The number of anilines is 2. The number of amides is 2. The van der Waals surface area contributed by atoms with Gasteiger partial charge in [-0.2, -0.15) is 0 Å². The third kappa shape index (κ3) is 4.92. The van der Waals surface area contributed by atoms with Gasteiger partial charge in [0.05, 0.1) is 7.11 Å². The van der Waals surface area contributed by atoms with E-state index in [1.54, 1.807) is 14.0 Å². The second kappa shape index (κ2) is 10.1. The Morgan fingerprint density at radius 3 is 2.08 bits per heavy atom. The average Bonchev–Trinajstić information content (AvgIpc) is 2.93. The number of methoxy groups -OCH3 is 1. The lowest BCUT2D eigenvalue weighted by molar-refractivity contribution is -0.117. The molecule has 5 nitrogen and oxygen atoms in total. The minimum absolute atomic E-state index is 0.00618. The van der Waals surface area contributed by atoms with Crippen LogP contribution in [0.4, 0.5) is 11.4 Å². The van der Waals surface area contributed by atoms with Gasteiger partial charge in [0.2, 0.25) is 5.91 Å². The number of carbonyl (C=O) groups excluding carboxylic acids is 2. The van der Waals surface area contributed by atoms with Gasteiger partial charge in [-0.1, -0.05) is 61.5 Å². The number of nitrogens with one attached hydrogen (secondary N) is 1. The summed E-state index contributed by atoms with van der Waals surface area (Å²) in [6.07, 6.45) is 0.720. The molecule has 198 valence electrons. The van der Waals surface area contributed by atoms with Crippen molar-refractivity contribution in [1.29, 1.82) is 0 Å². The molecule has 4 aromatic carbocycles. The van der Waals surface area contributed by atoms with Crippen LogP contribution in [-0.2, 0) is 10.2 Å². The van der Waals surface area contributed by atoms with Gasteiger partial charge >= 0.3 is 0 Å². The zero-order valence-corrected chi connectivity index (χ0v) is 23.1. The summed E-state index contributed by atoms with van der Waals surface area (Å²) in [6, 6.07) is 31.6. The number of carbonyl (C=O) groups is 2. The fourth-order valence-corrected chi connectivity index (χ4v) is 6.08. The maximum absolute atomic E-state index is 13.2. The third-order valence-electron chi connectivity index (χ3n) is 7.78. The van der Waals surface area contributed by atoms with Gasteiger partial charge in [-0.15, -0.1) is 0 Å². The van der Waals surface area contributed by atoms with Crippen molar-refractivity contribution < 1.29 is 14.3 Å². The largest absolute Gasteiger partial charge is 0.497 e. The lowest BCUT2D eigenvalue weighted by Crippen LogP contribution is -2.55. The average molecular weight is 519 g/mol. The molecule has 5 rings (SSSR count). The zero-order valence-electron chi connectivity index (χ0n) is 23.1. The van der Waals surface area contributed by atoms with E-state index in [-0.39, 0.29) is 11.8 Å². The van der Waals surface area contributed by atoms with E-state index in [1.165, 1.54) is 0 Å². The number of rotatable bonds is 5. The van der Waals surface area contributed by atoms with Crippen molar-refractivity contribution in [1.82, 2.24) is 0 Å². The highest BCUT2D eigenvalue weighted by atomic mass is 16.5. The molecule has 1 heterocycles. The Morgan fingerprint density at radius 1 is 0.821 bits per heavy atom. The van der Waals surface area contributed by atoms with Crippen molar-refractivity contribution in [3.05, 3.63) is 114 Å². The molecule has 0 bridgehead atoms. The van der Waals surface area contributed by atoms with Crippen molar-refractivity contribution in [2.75, 3.05) is 17.3 Å². The van der Waals surface area contributed by atoms with Crippen LogP contribution in [0, 0.1) is 0 Å². The monoisotopic (exact) mass is 518 g/mol. The first-order chi connectivity index (χ1) is 18.6. The summed E-state index contributed by atoms with van der Waals surface area (Å²) in [5.74, 6) is 0.607. The van der Waals surface area contributed by atoms with Crippen LogP contribution in [0.2, 0.25) is 0 Å². The highest BCUT2D eigenvalue weighted by Crippen LogP contribution is 2.51. The normalized spacial score (nSPS) is 17.7. The van der Waals surface area contributed by atoms with Crippen LogP contribution < -0.4 is 15.0 Å². The van der Waals surface area contributed by atoms with Gasteiger partial charge in [-0.05, 0) is 85.0 Å². The summed E-state index contributed by atoms with van der Waals surface area (Å²) in [5.41, 5.74) is 5.62. The van der Waals surface area contributed by atoms with Crippen molar-refractivity contribution in [2.45, 2.75) is 45.1 Å². The van der Waals surface area contributed by atoms with E-state index in [0.29, 0.717) is 11.3 Å². The molecule has 2 amide bonds. The fraction of sp³-hybridized carbons (Fsp3) is 0.235. The molecule has 1 aliphatic rings. The van der Waals surface area contributed by atoms with Crippen LogP contribution in [-0.4, -0.2) is 24.5 Å². The van der Waals surface area contributed by atoms with Crippen LogP contribution in [0.3, 0.4) is 0 Å². The van der Waals surface area contributed by atoms with Crippen molar-refractivity contribution >= 4 is 23.2 Å². The minimum Gasteiger partial charge on any atom is -0.497 e. The highest BCUT2D eigenvalue weighted by molar-refractivity contribution is 6.05. The van der Waals surface area contributed by atoms with Crippen molar-refractivity contribution in [2.24, 2.45) is 0 Å². The third-order valence-corrected chi connectivity index (χ3v) is 7.78. The van der Waals surface area contributed by atoms with E-state index in [4.69, 9.17) is 4.74 Å². The standard InChI is InChI=1S/C34H34N2O3/c1-23(37)36-31-20-17-28(35-32(38)26-13-11-25(12-14-26)24-9-7-6-8-10-24)21-30(31)34(4,22-33(36,2)3)27-15-18-29(39-5)19-16-27/h6-21H,22H2,1-5H3,(H,35,38). The maximum atomic E-state index is 13.2. The first kappa shape index (κ1) is 26.2. The molecule has 0 aromatic heterocycles. The lowest BCUT2D eigenvalue weighted by atomic mass is 9.65. The Kier molecular flexibility index (Phi) is 6.77. The molecule has 4 aromatic rings. The molecule has 5 heteroatoms. The highest BCUT2D eigenvalue weighted by Gasteiger charge is 2.47. The summed E-state index contributed by atoms with van der Waals surface area (Å²) >= 11 is 0. The number of nitrogens with zero attached hydrogens (tertiary/aromatic N) is 1. The zero-order chi connectivity index (χ0) is 27.8. The molecule has 0 spiro atoms. The predicted molar refractivity (Wildman–Crippen MR) is 158 cm³/mol. The summed E-state index contributed by atoms with van der Waals surface area (Å²) in [4.78, 5) is 27.9. The van der Waals surface area contributed by atoms with E-state index in [9.17, 15) is 9.59 Å². The Hall–Kier alpha value is -4.38. The summed E-state index contributed by atoms with van der Waals surface area (Å²) in [6.45, 7) is 8.03. The Morgan fingerprint density at radius 2 is 1.46 bits per heavy atom. The second-order valence-electron chi connectivity index (χ2n) is 11.0. The molecule has 0 saturated carbocycles. The van der Waals surface area contributed by atoms with Gasteiger partial charge in [0, 0.05) is 34.8 Å². The Bertz CT molecular complexity index is 1510. The summed E-state index contributed by atoms with van der Waals surface area (Å²) < 4.78 is 5.39. The second-order valence-corrected chi connectivity index (χ2v) is 11.0. The van der Waals surface area contributed by atoms with Gasteiger partial charge in [0.25, 0.3) is 5.91 Å². The van der Waals surface area contributed by atoms with Crippen LogP contribution >= 0.6 is 0 Å². The number of ether oxygens (including phenoxy) is 1. The first-order valence-electron chi connectivity index (χ1n) is 13.2. The minimum atomic E-state index is -0.404. The fourth-order valence-electron chi connectivity index (χ4n) is 6.08. The molecule has 39 heavy (non-hydrogen) atoms. The molecule has 1 aliphatic heterocycles. The van der Waals surface area contributed by atoms with Crippen LogP contribution in [0.5, 0.6) is 5.75 Å². The smallest absolute Gasteiger partial charge is 0.255 e. The molecule has 0 radical (unpaired) electrons. The topological polar surface area (TPSA) is 58.6 Å². The molecule has 1 N–H and O–H groups in total. The van der Waals surface area contributed by atoms with Gasteiger partial charge in [-0.3, -0.25) is 9.59 Å². The van der Waals surface area contributed by atoms with E-state index in [0.717, 1.165) is 40.1 Å². The SMILES string of the molecule is COc1ccc(C2(C)CC(C)(C)N(C(C)=O)c3ccc(NC(=O)c4ccc(-c5ccccc5)cc4)cc32)cc1. The van der Waals surface area contributed by atoms with Crippen LogP contribution in [0.15, 0.2) is 97.1 Å². The maximum Gasteiger partial charge on any atom is 0.255 e. The number of fused-ring (bicyclic) bond motifs is 1. The quantitative estimate of drug-likeness (QED) is 0.298.